The predicted octanol–water partition coefficient (Wildman–Crippen LogP) is 2.25. The Labute approximate surface area is 172 Å². The molecule has 0 saturated carbocycles. The van der Waals surface area contributed by atoms with Crippen molar-refractivity contribution in [1.82, 2.24) is 4.90 Å². The summed E-state index contributed by atoms with van der Waals surface area (Å²) in [5.74, 6) is -3.83. The topological polar surface area (TPSA) is 113 Å². The van der Waals surface area contributed by atoms with E-state index in [0.29, 0.717) is 0 Å². The first-order chi connectivity index (χ1) is 13.8. The van der Waals surface area contributed by atoms with Crippen LogP contribution in [0.1, 0.15) is 18.9 Å². The lowest BCUT2D eigenvalue weighted by Crippen LogP contribution is -2.52. The van der Waals surface area contributed by atoms with E-state index in [1.165, 1.54) is 22.6 Å². The Morgan fingerprint density at radius 3 is 2.52 bits per heavy atom. The summed E-state index contributed by atoms with van der Waals surface area (Å²) in [6.45, 7) is 5.76. The van der Waals surface area contributed by atoms with Crippen LogP contribution < -0.4 is 0 Å². The number of benzene rings is 1. The first-order valence-electron chi connectivity index (χ1n) is 9.25. The summed E-state index contributed by atoms with van der Waals surface area (Å²) < 4.78 is 12.2. The number of hydrogen-bond acceptors (Lipinski definition) is 7. The number of esters is 1. The number of carbonyl (C=O) groups is 3. The zero-order chi connectivity index (χ0) is 21.2. The molecule has 1 saturated heterocycles. The van der Waals surface area contributed by atoms with Crippen LogP contribution in [-0.4, -0.2) is 72.0 Å². The van der Waals surface area contributed by atoms with Crippen LogP contribution in [0, 0.1) is 0 Å². The summed E-state index contributed by atoms with van der Waals surface area (Å²) >= 11 is 1.78. The van der Waals surface area contributed by atoms with Crippen LogP contribution in [0.2, 0.25) is 0 Å². The fourth-order valence-corrected chi connectivity index (χ4v) is 3.64. The molecule has 1 aromatic carbocycles. The second kappa shape index (κ2) is 11.5. The van der Waals surface area contributed by atoms with Gasteiger partial charge in [-0.1, -0.05) is 12.1 Å². The second-order valence-corrected chi connectivity index (χ2v) is 7.56. The van der Waals surface area contributed by atoms with Crippen molar-refractivity contribution in [1.29, 1.82) is 0 Å². The molecule has 1 aliphatic heterocycles. The Balaban J connectivity index is 0.000000438. The van der Waals surface area contributed by atoms with Gasteiger partial charge in [0.05, 0.1) is 6.61 Å². The average Bonchev–Trinajstić information content (AvgIpc) is 3.10. The molecule has 29 heavy (non-hydrogen) atoms. The molecule has 0 bridgehead atoms. The third-order valence-electron chi connectivity index (χ3n) is 4.25. The summed E-state index contributed by atoms with van der Waals surface area (Å²) in [6, 6.07) is 8.81. The Hall–Kier alpha value is -2.49. The van der Waals surface area contributed by atoms with Crippen LogP contribution in [-0.2, 0) is 30.3 Å². The molecule has 0 radical (unpaired) electrons. The van der Waals surface area contributed by atoms with Crippen LogP contribution in [0.3, 0.4) is 0 Å². The number of carbonyl (C=O) groups excluding carboxylic acids is 1. The summed E-state index contributed by atoms with van der Waals surface area (Å²) in [4.78, 5) is 31.3. The van der Waals surface area contributed by atoms with Crippen LogP contribution in [0.5, 0.6) is 0 Å². The highest BCUT2D eigenvalue weighted by Gasteiger charge is 2.28. The van der Waals surface area contributed by atoms with E-state index in [9.17, 15) is 4.79 Å². The number of ether oxygens (including phenoxy) is 2. The third kappa shape index (κ3) is 8.18. The van der Waals surface area contributed by atoms with Gasteiger partial charge < -0.3 is 19.7 Å². The second-order valence-electron chi connectivity index (χ2n) is 6.61. The van der Waals surface area contributed by atoms with E-state index in [1.807, 2.05) is 0 Å². The van der Waals surface area contributed by atoms with E-state index < -0.39 is 11.9 Å². The molecular formula is C20H25NO7S. The van der Waals surface area contributed by atoms with Gasteiger partial charge in [0, 0.05) is 37.9 Å². The van der Waals surface area contributed by atoms with Crippen molar-refractivity contribution in [2.24, 2.45) is 0 Å². The molecule has 9 heteroatoms. The average molecular weight is 423 g/mol. The minimum Gasteiger partial charge on any atom is -0.473 e. The fourth-order valence-electron chi connectivity index (χ4n) is 2.87. The van der Waals surface area contributed by atoms with Crippen molar-refractivity contribution in [3.05, 3.63) is 35.2 Å². The molecule has 1 aliphatic rings. The Kier molecular flexibility index (Phi) is 9.04. The lowest BCUT2D eigenvalue weighted by atomic mass is 10.1. The summed E-state index contributed by atoms with van der Waals surface area (Å²) in [5, 5.41) is 18.2. The molecule has 3 rings (SSSR count). The van der Waals surface area contributed by atoms with Crippen molar-refractivity contribution in [2.75, 3.05) is 32.8 Å². The van der Waals surface area contributed by atoms with E-state index in [0.717, 1.165) is 45.7 Å². The van der Waals surface area contributed by atoms with Crippen LogP contribution in [0.4, 0.5) is 0 Å². The largest absolute Gasteiger partial charge is 0.473 e. The number of nitrogens with zero attached hydrogens (tertiary/aromatic N) is 1. The number of thiophene rings is 1. The zero-order valence-electron chi connectivity index (χ0n) is 16.2. The van der Waals surface area contributed by atoms with Gasteiger partial charge in [0.15, 0.2) is 0 Å². The van der Waals surface area contributed by atoms with Crippen LogP contribution in [0.15, 0.2) is 29.6 Å². The first-order valence-corrected chi connectivity index (χ1v) is 10.1. The van der Waals surface area contributed by atoms with E-state index in [-0.39, 0.29) is 12.1 Å². The van der Waals surface area contributed by atoms with Gasteiger partial charge in [0.1, 0.15) is 6.10 Å². The number of carboxylic acids is 2. The maximum absolute atomic E-state index is 10.8. The van der Waals surface area contributed by atoms with Gasteiger partial charge in [-0.25, -0.2) is 9.59 Å². The number of rotatable bonds is 8. The number of fused-ring (bicyclic) bond motifs is 1. The lowest BCUT2D eigenvalue weighted by Gasteiger charge is -2.38. The summed E-state index contributed by atoms with van der Waals surface area (Å²) in [5.41, 5.74) is 1.34. The highest BCUT2D eigenvalue weighted by Crippen LogP contribution is 2.21. The van der Waals surface area contributed by atoms with E-state index in [2.05, 4.69) is 34.5 Å². The van der Waals surface area contributed by atoms with Crippen molar-refractivity contribution in [3.8, 4) is 0 Å². The monoisotopic (exact) mass is 423 g/mol. The molecule has 2 heterocycles. The van der Waals surface area contributed by atoms with Gasteiger partial charge in [-0.3, -0.25) is 9.69 Å². The van der Waals surface area contributed by atoms with Crippen molar-refractivity contribution in [3.63, 3.8) is 0 Å². The Morgan fingerprint density at radius 2 is 1.86 bits per heavy atom. The Bertz CT molecular complexity index is 817. The molecule has 0 spiro atoms. The quantitative estimate of drug-likeness (QED) is 0.378. The molecule has 2 aromatic rings. The van der Waals surface area contributed by atoms with Crippen molar-refractivity contribution < 1.29 is 34.1 Å². The van der Waals surface area contributed by atoms with Crippen molar-refractivity contribution >= 4 is 39.3 Å². The van der Waals surface area contributed by atoms with Gasteiger partial charge in [0.2, 0.25) is 0 Å². The van der Waals surface area contributed by atoms with Crippen LogP contribution >= 0.6 is 11.3 Å². The summed E-state index contributed by atoms with van der Waals surface area (Å²) in [6.07, 6.45) is 2.08. The molecule has 1 fully saturated rings. The molecule has 1 aromatic heterocycles. The maximum atomic E-state index is 10.8. The lowest BCUT2D eigenvalue weighted by molar-refractivity contribution is -0.159. The summed E-state index contributed by atoms with van der Waals surface area (Å²) in [7, 11) is 0. The number of aliphatic carboxylic acids is 2. The smallest absolute Gasteiger partial charge is 0.414 e. The van der Waals surface area contributed by atoms with Gasteiger partial charge >= 0.3 is 17.9 Å². The molecular weight excluding hydrogens is 398 g/mol. The predicted molar refractivity (Wildman–Crippen MR) is 108 cm³/mol. The minimum atomic E-state index is -1.82. The van der Waals surface area contributed by atoms with E-state index in [1.54, 1.807) is 11.3 Å². The molecule has 0 amide bonds. The number of carboxylic acid groups (broad SMARTS) is 2. The van der Waals surface area contributed by atoms with Gasteiger partial charge in [0.25, 0.3) is 0 Å². The minimum absolute atomic E-state index is 0.0976. The Morgan fingerprint density at radius 1 is 1.14 bits per heavy atom. The zero-order valence-corrected chi connectivity index (χ0v) is 17.0. The number of hydrogen-bond donors (Lipinski definition) is 2. The standard InChI is InChI=1S/C18H23NO3S.C2H2O4/c1-14(20)22-17-12-19(13-17)7-2-8-21-9-5-15-3-4-18-16(11-15)6-10-23-18;3-1(4)2(5)6/h3-4,6,10-11,17H,2,5,7-9,12-13H2,1H3;(H,3,4)(H,5,6). The molecule has 0 unspecified atom stereocenters. The SMILES string of the molecule is CC(=O)OC1CN(CCCOCCc2ccc3sccc3c2)C1.O=C(O)C(=O)O. The van der Waals surface area contributed by atoms with E-state index >= 15 is 0 Å². The van der Waals surface area contributed by atoms with E-state index in [4.69, 9.17) is 29.3 Å². The van der Waals surface area contributed by atoms with Gasteiger partial charge in [-0.05, 0) is 41.3 Å². The molecule has 0 atom stereocenters. The van der Waals surface area contributed by atoms with Crippen molar-refractivity contribution in [2.45, 2.75) is 25.9 Å². The fraction of sp³-hybridized carbons (Fsp3) is 0.450. The van der Waals surface area contributed by atoms with Gasteiger partial charge in [-0.2, -0.15) is 0 Å². The molecule has 158 valence electrons. The molecule has 2 N–H and O–H groups in total. The molecule has 8 nitrogen and oxygen atoms in total. The highest BCUT2D eigenvalue weighted by molar-refractivity contribution is 7.17. The third-order valence-corrected chi connectivity index (χ3v) is 5.15. The van der Waals surface area contributed by atoms with Crippen LogP contribution in [0.25, 0.3) is 10.1 Å². The highest BCUT2D eigenvalue weighted by atomic mass is 32.1. The first kappa shape index (κ1) is 22.8. The molecule has 0 aliphatic carbocycles. The maximum Gasteiger partial charge on any atom is 0.414 e. The normalized spacial score (nSPS) is 14.0. The van der Waals surface area contributed by atoms with Gasteiger partial charge in [-0.15, -0.1) is 11.3 Å². The number of likely N-dealkylation sites (tertiary alicyclic amines) is 1.